The predicted octanol–water partition coefficient (Wildman–Crippen LogP) is 5.84. The van der Waals surface area contributed by atoms with Crippen molar-refractivity contribution in [3.63, 3.8) is 0 Å². The van der Waals surface area contributed by atoms with Gasteiger partial charge in [-0.25, -0.2) is 4.98 Å². The number of hydrogen-bond donors (Lipinski definition) is 2. The van der Waals surface area contributed by atoms with E-state index in [0.717, 1.165) is 5.56 Å². The first kappa shape index (κ1) is 17.6. The summed E-state index contributed by atoms with van der Waals surface area (Å²) in [5, 5.41) is 16.1. The van der Waals surface area contributed by atoms with Crippen LogP contribution in [0.25, 0.3) is 10.9 Å². The van der Waals surface area contributed by atoms with Crippen LogP contribution in [0, 0.1) is 0 Å². The molecule has 0 fully saturated rings. The fraction of sp³-hybridized carbons (Fsp3) is 0.0476. The maximum atomic E-state index is 10.9. The normalized spacial score (nSPS) is 12.1. The highest BCUT2D eigenvalue weighted by molar-refractivity contribution is 6.35. The van der Waals surface area contributed by atoms with Crippen LogP contribution in [0.2, 0.25) is 10.0 Å². The Morgan fingerprint density at radius 1 is 0.889 bits per heavy atom. The Labute approximate surface area is 166 Å². The molecule has 0 spiro atoms. The summed E-state index contributed by atoms with van der Waals surface area (Å²) < 4.78 is 0. The largest absolute Gasteiger partial charge is 0.505 e. The van der Waals surface area contributed by atoms with Crippen molar-refractivity contribution in [3.8, 4) is 5.75 Å². The topological polar surface area (TPSA) is 58.0 Å². The van der Waals surface area contributed by atoms with Crippen LogP contribution in [0.5, 0.6) is 5.75 Å². The number of pyridine rings is 2. The predicted molar refractivity (Wildman–Crippen MR) is 110 cm³/mol. The summed E-state index contributed by atoms with van der Waals surface area (Å²) in [7, 11) is 0. The van der Waals surface area contributed by atoms with Crippen LogP contribution in [-0.4, -0.2) is 15.1 Å². The summed E-state index contributed by atoms with van der Waals surface area (Å²) in [5.74, 6) is 0.738. The minimum absolute atomic E-state index is 0.0726. The summed E-state index contributed by atoms with van der Waals surface area (Å²) in [4.78, 5) is 8.63. The van der Waals surface area contributed by atoms with Gasteiger partial charge in [0.05, 0.1) is 11.1 Å². The van der Waals surface area contributed by atoms with Gasteiger partial charge in [0.2, 0.25) is 0 Å². The molecule has 0 aliphatic rings. The number of aromatic hydroxyl groups is 1. The molecule has 0 bridgehead atoms. The number of hydrogen-bond acceptors (Lipinski definition) is 4. The molecule has 2 N–H and O–H groups in total. The Kier molecular flexibility index (Phi) is 4.84. The molecule has 6 heteroatoms. The molecular formula is C21H15Cl2N3O. The van der Waals surface area contributed by atoms with Crippen LogP contribution in [0.4, 0.5) is 5.82 Å². The first-order valence-electron chi connectivity index (χ1n) is 8.32. The number of halogens is 2. The summed E-state index contributed by atoms with van der Waals surface area (Å²) in [6.45, 7) is 0. The average molecular weight is 396 g/mol. The average Bonchev–Trinajstić information content (AvgIpc) is 2.70. The molecule has 27 heavy (non-hydrogen) atoms. The van der Waals surface area contributed by atoms with E-state index in [1.165, 1.54) is 0 Å². The zero-order chi connectivity index (χ0) is 18.8. The van der Waals surface area contributed by atoms with Crippen LogP contribution < -0.4 is 5.32 Å². The van der Waals surface area contributed by atoms with Crippen molar-refractivity contribution in [2.75, 3.05) is 5.32 Å². The zero-order valence-electron chi connectivity index (χ0n) is 14.1. The Bertz CT molecular complexity index is 1100. The molecule has 1 atom stereocenters. The van der Waals surface area contributed by atoms with E-state index >= 15 is 0 Å². The molecular weight excluding hydrogens is 381 g/mol. The summed E-state index contributed by atoms with van der Waals surface area (Å²) >= 11 is 12.7. The first-order chi connectivity index (χ1) is 13.1. The lowest BCUT2D eigenvalue weighted by Crippen LogP contribution is -2.14. The van der Waals surface area contributed by atoms with Crippen LogP contribution in [0.15, 0.2) is 73.1 Å². The number of phenolic OH excluding ortho intramolecular Hbond substituents is 1. The van der Waals surface area contributed by atoms with Crippen molar-refractivity contribution in [3.05, 3.63) is 94.2 Å². The quantitative estimate of drug-likeness (QED) is 0.455. The molecule has 0 amide bonds. The molecule has 0 unspecified atom stereocenters. The second-order valence-corrected chi connectivity index (χ2v) is 6.89. The number of phenols is 1. The SMILES string of the molecule is Oc1c([C@@H](Nc2ccccn2)c2cccc(Cl)c2)cc(Cl)c2cccnc12. The molecule has 2 heterocycles. The third kappa shape index (κ3) is 3.54. The number of aromatic nitrogens is 2. The van der Waals surface area contributed by atoms with Gasteiger partial charge in [-0.15, -0.1) is 0 Å². The number of nitrogens with zero attached hydrogens (tertiary/aromatic N) is 2. The van der Waals surface area contributed by atoms with Crippen molar-refractivity contribution >= 4 is 39.9 Å². The molecule has 2 aromatic heterocycles. The monoisotopic (exact) mass is 395 g/mol. The third-order valence-corrected chi connectivity index (χ3v) is 4.84. The molecule has 4 rings (SSSR count). The Balaban J connectivity index is 1.91. The minimum atomic E-state index is -0.414. The van der Waals surface area contributed by atoms with Gasteiger partial charge < -0.3 is 10.4 Å². The standard InChI is InChI=1S/C21H15Cl2N3O/c22-14-6-3-5-13(11-14)19(26-18-8-1-2-9-24-18)16-12-17(23)15-7-4-10-25-20(15)21(16)27/h1-12,19,27H,(H,24,26)/t19-/m0/s1. The molecule has 0 aliphatic heterocycles. The van der Waals surface area contributed by atoms with E-state index in [1.807, 2.05) is 42.5 Å². The first-order valence-corrected chi connectivity index (χ1v) is 9.08. The van der Waals surface area contributed by atoms with Crippen molar-refractivity contribution in [2.24, 2.45) is 0 Å². The van der Waals surface area contributed by atoms with Crippen molar-refractivity contribution in [1.29, 1.82) is 0 Å². The lowest BCUT2D eigenvalue weighted by atomic mass is 9.96. The van der Waals surface area contributed by atoms with Crippen LogP contribution in [0.1, 0.15) is 17.2 Å². The van der Waals surface area contributed by atoms with Gasteiger partial charge in [0.25, 0.3) is 0 Å². The lowest BCUT2D eigenvalue weighted by Gasteiger charge is -2.22. The van der Waals surface area contributed by atoms with Gasteiger partial charge in [0, 0.05) is 28.4 Å². The van der Waals surface area contributed by atoms with Crippen molar-refractivity contribution in [1.82, 2.24) is 9.97 Å². The fourth-order valence-corrected chi connectivity index (χ4v) is 3.52. The highest BCUT2D eigenvalue weighted by Gasteiger charge is 2.22. The van der Waals surface area contributed by atoms with Gasteiger partial charge in [-0.2, -0.15) is 0 Å². The van der Waals surface area contributed by atoms with E-state index in [0.29, 0.717) is 32.3 Å². The number of nitrogens with one attached hydrogen (secondary N) is 1. The number of anilines is 1. The second kappa shape index (κ2) is 7.43. The van der Waals surface area contributed by atoms with E-state index in [1.54, 1.807) is 30.6 Å². The van der Waals surface area contributed by atoms with Gasteiger partial charge in [-0.3, -0.25) is 4.98 Å². The molecule has 0 saturated heterocycles. The maximum Gasteiger partial charge on any atom is 0.147 e. The zero-order valence-corrected chi connectivity index (χ0v) is 15.6. The van der Waals surface area contributed by atoms with E-state index in [4.69, 9.17) is 23.2 Å². The number of fused-ring (bicyclic) bond motifs is 1. The van der Waals surface area contributed by atoms with Gasteiger partial charge in [-0.1, -0.05) is 41.4 Å². The van der Waals surface area contributed by atoms with Crippen LogP contribution in [0.3, 0.4) is 0 Å². The van der Waals surface area contributed by atoms with E-state index < -0.39 is 6.04 Å². The summed E-state index contributed by atoms with van der Waals surface area (Å²) in [6.07, 6.45) is 3.33. The highest BCUT2D eigenvalue weighted by Crippen LogP contribution is 2.39. The minimum Gasteiger partial charge on any atom is -0.505 e. The molecule has 2 aromatic carbocycles. The lowest BCUT2D eigenvalue weighted by molar-refractivity contribution is 0.471. The molecule has 134 valence electrons. The number of benzene rings is 2. The Hall–Kier alpha value is -2.82. The fourth-order valence-electron chi connectivity index (χ4n) is 3.05. The van der Waals surface area contributed by atoms with Crippen molar-refractivity contribution in [2.45, 2.75) is 6.04 Å². The molecule has 0 saturated carbocycles. The molecule has 4 nitrogen and oxygen atoms in total. The third-order valence-electron chi connectivity index (χ3n) is 4.30. The smallest absolute Gasteiger partial charge is 0.147 e. The van der Waals surface area contributed by atoms with Gasteiger partial charge >= 0.3 is 0 Å². The molecule has 0 radical (unpaired) electrons. The highest BCUT2D eigenvalue weighted by atomic mass is 35.5. The van der Waals surface area contributed by atoms with E-state index in [-0.39, 0.29) is 5.75 Å². The second-order valence-electron chi connectivity index (χ2n) is 6.04. The number of rotatable bonds is 4. The van der Waals surface area contributed by atoms with E-state index in [2.05, 4.69) is 15.3 Å². The van der Waals surface area contributed by atoms with Crippen molar-refractivity contribution < 1.29 is 5.11 Å². The molecule has 0 aliphatic carbocycles. The van der Waals surface area contributed by atoms with E-state index in [9.17, 15) is 5.11 Å². The van der Waals surface area contributed by atoms with Gasteiger partial charge in [-0.05, 0) is 48.0 Å². The molecule has 4 aromatic rings. The summed E-state index contributed by atoms with van der Waals surface area (Å²) in [6, 6.07) is 18.0. The Morgan fingerprint density at radius 2 is 1.74 bits per heavy atom. The maximum absolute atomic E-state index is 10.9. The van der Waals surface area contributed by atoms with Gasteiger partial charge in [0.15, 0.2) is 0 Å². The summed E-state index contributed by atoms with van der Waals surface area (Å²) in [5.41, 5.74) is 1.92. The van der Waals surface area contributed by atoms with Crippen LogP contribution >= 0.6 is 23.2 Å². The Morgan fingerprint density at radius 3 is 2.52 bits per heavy atom. The van der Waals surface area contributed by atoms with Crippen LogP contribution in [-0.2, 0) is 0 Å². The van der Waals surface area contributed by atoms with Gasteiger partial charge in [0.1, 0.15) is 17.1 Å².